The Balaban J connectivity index is 1.26. The van der Waals surface area contributed by atoms with Crippen molar-refractivity contribution >= 4 is 40.0 Å². The molecule has 5 aromatic rings. The number of nitrogens with one attached hydrogen (secondary N) is 2. The molecule has 2 N–H and O–H groups in total. The molecule has 0 aliphatic carbocycles. The summed E-state index contributed by atoms with van der Waals surface area (Å²) in [4.78, 5) is 35.7. The Morgan fingerprint density at radius 1 is 1.20 bits per heavy atom. The minimum Gasteiger partial charge on any atom is -0.487 e. The van der Waals surface area contributed by atoms with Gasteiger partial charge in [-0.3, -0.25) is 9.59 Å². The first-order valence-corrected chi connectivity index (χ1v) is 11.6. The molecule has 0 fully saturated rings. The normalized spacial score (nSPS) is 11.2. The molecule has 1 amide bonds. The second-order valence-electron chi connectivity index (χ2n) is 7.58. The van der Waals surface area contributed by atoms with Crippen LogP contribution >= 0.6 is 11.3 Å². The molecule has 0 bridgehead atoms. The van der Waals surface area contributed by atoms with Crippen molar-refractivity contribution in [3.05, 3.63) is 99.1 Å². The quantitative estimate of drug-likeness (QED) is 0.336. The van der Waals surface area contributed by atoms with Crippen LogP contribution in [0.25, 0.3) is 22.8 Å². The molecule has 10 heteroatoms. The van der Waals surface area contributed by atoms with E-state index in [9.17, 15) is 9.59 Å². The van der Waals surface area contributed by atoms with Crippen LogP contribution in [0.4, 0.5) is 5.69 Å². The van der Waals surface area contributed by atoms with Gasteiger partial charge in [0, 0.05) is 11.5 Å². The Labute approximate surface area is 203 Å². The molecular weight excluding hydrogens is 464 g/mol. The highest BCUT2D eigenvalue weighted by Gasteiger charge is 2.13. The molecule has 5 rings (SSSR count). The molecule has 3 heterocycles. The van der Waals surface area contributed by atoms with Crippen molar-refractivity contribution in [1.82, 2.24) is 24.7 Å². The largest absolute Gasteiger partial charge is 0.487 e. The lowest BCUT2D eigenvalue weighted by Gasteiger charge is -2.10. The van der Waals surface area contributed by atoms with E-state index in [0.717, 1.165) is 22.0 Å². The number of fused-ring (bicyclic) bond motifs is 1. The van der Waals surface area contributed by atoms with E-state index in [2.05, 4.69) is 25.4 Å². The monoisotopic (exact) mass is 484 g/mol. The molecule has 174 valence electrons. The SMILES string of the molecule is Cc1nc(COc2ccc(/C=C/C(=O)Nc3ccccc3-n3ncc4c(=O)[nH]cnc43)cc2)cs1. The van der Waals surface area contributed by atoms with Gasteiger partial charge in [0.25, 0.3) is 5.56 Å². The number of H-pyrrole nitrogens is 1. The highest BCUT2D eigenvalue weighted by Crippen LogP contribution is 2.22. The van der Waals surface area contributed by atoms with E-state index < -0.39 is 0 Å². The molecule has 35 heavy (non-hydrogen) atoms. The Hall–Kier alpha value is -4.57. The van der Waals surface area contributed by atoms with Gasteiger partial charge in [-0.25, -0.2) is 14.6 Å². The van der Waals surface area contributed by atoms with Crippen LogP contribution in [0, 0.1) is 6.92 Å². The van der Waals surface area contributed by atoms with Gasteiger partial charge in [-0.15, -0.1) is 11.3 Å². The Kier molecular flexibility index (Phi) is 6.18. The summed E-state index contributed by atoms with van der Waals surface area (Å²) in [5.74, 6) is 0.420. The van der Waals surface area contributed by atoms with Crippen LogP contribution in [0.3, 0.4) is 0 Å². The second kappa shape index (κ2) is 9.74. The van der Waals surface area contributed by atoms with E-state index in [4.69, 9.17) is 4.74 Å². The number of benzene rings is 2. The van der Waals surface area contributed by atoms with Crippen LogP contribution in [0.15, 0.2) is 77.3 Å². The number of para-hydroxylation sites is 2. The third kappa shape index (κ3) is 5.02. The first-order chi connectivity index (χ1) is 17.1. The fourth-order valence-electron chi connectivity index (χ4n) is 3.45. The van der Waals surface area contributed by atoms with Crippen molar-refractivity contribution in [3.8, 4) is 11.4 Å². The molecule has 0 saturated carbocycles. The molecule has 0 radical (unpaired) electrons. The first-order valence-electron chi connectivity index (χ1n) is 10.7. The van der Waals surface area contributed by atoms with Crippen LogP contribution < -0.4 is 15.6 Å². The van der Waals surface area contributed by atoms with Gasteiger partial charge in [0.1, 0.15) is 17.7 Å². The van der Waals surface area contributed by atoms with Crippen LogP contribution in [-0.2, 0) is 11.4 Å². The van der Waals surface area contributed by atoms with Gasteiger partial charge in [0.05, 0.1) is 34.6 Å². The van der Waals surface area contributed by atoms with Crippen LogP contribution in [0.1, 0.15) is 16.3 Å². The number of thiazole rings is 1. The maximum atomic E-state index is 12.6. The molecule has 0 unspecified atom stereocenters. The van der Waals surface area contributed by atoms with E-state index in [-0.39, 0.29) is 11.5 Å². The van der Waals surface area contributed by atoms with Crippen molar-refractivity contribution in [1.29, 1.82) is 0 Å². The zero-order valence-electron chi connectivity index (χ0n) is 18.6. The maximum absolute atomic E-state index is 12.6. The van der Waals surface area contributed by atoms with Crippen LogP contribution in [-0.4, -0.2) is 30.6 Å². The summed E-state index contributed by atoms with van der Waals surface area (Å²) < 4.78 is 7.28. The highest BCUT2D eigenvalue weighted by atomic mass is 32.1. The molecule has 0 spiro atoms. The lowest BCUT2D eigenvalue weighted by Crippen LogP contribution is -2.12. The van der Waals surface area contributed by atoms with Gasteiger partial charge in [-0.2, -0.15) is 5.10 Å². The number of nitrogens with zero attached hydrogens (tertiary/aromatic N) is 4. The van der Waals surface area contributed by atoms with Crippen LogP contribution in [0.5, 0.6) is 5.75 Å². The summed E-state index contributed by atoms with van der Waals surface area (Å²) in [5.41, 5.74) is 3.01. The summed E-state index contributed by atoms with van der Waals surface area (Å²) in [6.45, 7) is 2.37. The Morgan fingerprint density at radius 3 is 2.83 bits per heavy atom. The van der Waals surface area contributed by atoms with Crippen molar-refractivity contribution in [3.63, 3.8) is 0 Å². The topological polar surface area (TPSA) is 115 Å². The van der Waals surface area contributed by atoms with Gasteiger partial charge in [0.15, 0.2) is 5.65 Å². The average Bonchev–Trinajstić information content (AvgIpc) is 3.49. The summed E-state index contributed by atoms with van der Waals surface area (Å²) in [6.07, 6.45) is 5.94. The first kappa shape index (κ1) is 22.2. The van der Waals surface area contributed by atoms with E-state index in [1.807, 2.05) is 42.6 Å². The second-order valence-corrected chi connectivity index (χ2v) is 8.64. The third-order valence-corrected chi connectivity index (χ3v) is 5.94. The zero-order chi connectivity index (χ0) is 24.2. The van der Waals surface area contributed by atoms with Gasteiger partial charge in [-0.1, -0.05) is 24.3 Å². The minimum atomic E-state index is -0.307. The van der Waals surface area contributed by atoms with Crippen molar-refractivity contribution in [2.75, 3.05) is 5.32 Å². The number of amides is 1. The fraction of sp³-hybridized carbons (Fsp3) is 0.0800. The standard InChI is InChI=1S/C25H20N6O3S/c1-16-29-18(14-35-16)13-34-19-9-6-17(7-10-19)8-11-23(32)30-21-4-2-3-5-22(21)31-24-20(12-28-31)25(33)27-15-26-24/h2-12,14-15H,13H2,1H3,(H,30,32)(H,26,27,33)/b11-8+. The molecular formula is C25H20N6O3S. The fourth-order valence-corrected chi connectivity index (χ4v) is 4.05. The number of carbonyl (C=O) groups excluding carboxylic acids is 1. The number of carbonyl (C=O) groups is 1. The van der Waals surface area contributed by atoms with Gasteiger partial charge >= 0.3 is 0 Å². The number of anilines is 1. The molecule has 3 aromatic heterocycles. The Morgan fingerprint density at radius 2 is 2.03 bits per heavy atom. The minimum absolute atomic E-state index is 0.277. The molecule has 0 aliphatic rings. The van der Waals surface area contributed by atoms with Crippen molar-refractivity contribution in [2.24, 2.45) is 0 Å². The summed E-state index contributed by atoms with van der Waals surface area (Å²) in [5, 5.41) is 10.5. The lowest BCUT2D eigenvalue weighted by atomic mass is 10.2. The van der Waals surface area contributed by atoms with E-state index in [1.54, 1.807) is 35.6 Å². The van der Waals surface area contributed by atoms with Crippen molar-refractivity contribution in [2.45, 2.75) is 13.5 Å². The molecule has 2 aromatic carbocycles. The average molecular weight is 485 g/mol. The number of hydrogen-bond donors (Lipinski definition) is 2. The van der Waals surface area contributed by atoms with E-state index in [0.29, 0.717) is 29.0 Å². The molecule has 0 saturated heterocycles. The lowest BCUT2D eigenvalue weighted by molar-refractivity contribution is -0.111. The maximum Gasteiger partial charge on any atom is 0.261 e. The Bertz CT molecular complexity index is 1580. The smallest absolute Gasteiger partial charge is 0.261 e. The summed E-state index contributed by atoms with van der Waals surface area (Å²) in [6, 6.07) is 14.6. The van der Waals surface area contributed by atoms with Crippen LogP contribution in [0.2, 0.25) is 0 Å². The summed E-state index contributed by atoms with van der Waals surface area (Å²) in [7, 11) is 0. The predicted octanol–water partition coefficient (Wildman–Crippen LogP) is 4.10. The van der Waals surface area contributed by atoms with Crippen molar-refractivity contribution < 1.29 is 9.53 Å². The number of aryl methyl sites for hydroxylation is 1. The zero-order valence-corrected chi connectivity index (χ0v) is 19.5. The number of hydrogen-bond acceptors (Lipinski definition) is 7. The number of aromatic nitrogens is 5. The molecule has 9 nitrogen and oxygen atoms in total. The van der Waals surface area contributed by atoms with Gasteiger partial charge in [0.2, 0.25) is 5.91 Å². The van der Waals surface area contributed by atoms with E-state index >= 15 is 0 Å². The molecule has 0 aliphatic heterocycles. The molecule has 0 atom stereocenters. The highest BCUT2D eigenvalue weighted by molar-refractivity contribution is 7.09. The van der Waals surface area contributed by atoms with Gasteiger partial charge in [-0.05, 0) is 42.8 Å². The third-order valence-electron chi connectivity index (χ3n) is 5.12. The summed E-state index contributed by atoms with van der Waals surface area (Å²) >= 11 is 1.59. The predicted molar refractivity (Wildman–Crippen MR) is 135 cm³/mol. The number of ether oxygens (including phenoxy) is 1. The number of rotatable bonds is 7. The number of aromatic amines is 1. The van der Waals surface area contributed by atoms with E-state index in [1.165, 1.54) is 23.3 Å². The van der Waals surface area contributed by atoms with Gasteiger partial charge < -0.3 is 15.0 Å².